The molecule has 0 saturated carbocycles. The summed E-state index contributed by atoms with van der Waals surface area (Å²) in [5.74, 6) is -2.48. The number of carbonyl (C=O) groups is 4. The summed E-state index contributed by atoms with van der Waals surface area (Å²) in [6.45, 7) is 1.72. The number of hydrogen-bond acceptors (Lipinski definition) is 11. The normalized spacial score (nSPS) is 18.6. The van der Waals surface area contributed by atoms with Crippen LogP contribution in [0.5, 0.6) is 0 Å². The number of ether oxygens (including phenoxy) is 1. The molecule has 0 spiro atoms. The van der Waals surface area contributed by atoms with Gasteiger partial charge in [0.15, 0.2) is 10.8 Å². The zero-order valence-electron chi connectivity index (χ0n) is 21.9. The van der Waals surface area contributed by atoms with Crippen molar-refractivity contribution in [2.45, 2.75) is 82.5 Å². The van der Waals surface area contributed by atoms with Gasteiger partial charge in [-0.3, -0.25) is 14.4 Å². The van der Waals surface area contributed by atoms with Gasteiger partial charge in [0, 0.05) is 23.8 Å². The van der Waals surface area contributed by atoms with Gasteiger partial charge in [-0.05, 0) is 6.42 Å². The van der Waals surface area contributed by atoms with Crippen LogP contribution in [0.1, 0.15) is 76.8 Å². The highest BCUT2D eigenvalue weighted by Gasteiger charge is 2.50. The Morgan fingerprint density at radius 2 is 1.87 bits per heavy atom. The number of nitrogens with one attached hydrogen (secondary N) is 1. The summed E-state index contributed by atoms with van der Waals surface area (Å²) < 4.78 is 5.05. The van der Waals surface area contributed by atoms with Crippen LogP contribution in [0.25, 0.3) is 0 Å². The second kappa shape index (κ2) is 15.5. The number of aromatic nitrogens is 1. The van der Waals surface area contributed by atoms with Gasteiger partial charge in [-0.2, -0.15) is 0 Å². The van der Waals surface area contributed by atoms with Crippen molar-refractivity contribution in [3.05, 3.63) is 22.8 Å². The number of hydrogen-bond donors (Lipinski definition) is 3. The summed E-state index contributed by atoms with van der Waals surface area (Å²) in [6.07, 6.45) is 11.8. The number of β-lactam (4-membered cyclic amide) rings is 1. The fourth-order valence-electron chi connectivity index (χ4n) is 4.08. The third kappa shape index (κ3) is 8.95. The third-order valence-electron chi connectivity index (χ3n) is 6.24. The molecule has 0 aliphatic carbocycles. The smallest absolute Gasteiger partial charge is 0.333 e. The highest BCUT2D eigenvalue weighted by molar-refractivity contribution is 8.00. The summed E-state index contributed by atoms with van der Waals surface area (Å²) in [5, 5.41) is 16.8. The Morgan fingerprint density at radius 3 is 2.51 bits per heavy atom. The number of carboxylic acid groups (broad SMARTS) is 1. The molecule has 1 aromatic heterocycles. The van der Waals surface area contributed by atoms with E-state index in [2.05, 4.69) is 22.4 Å². The number of thiazole rings is 1. The molecule has 214 valence electrons. The molecule has 39 heavy (non-hydrogen) atoms. The van der Waals surface area contributed by atoms with Gasteiger partial charge in [0.05, 0.1) is 5.57 Å². The lowest BCUT2D eigenvalue weighted by molar-refractivity contribution is -0.156. The lowest BCUT2D eigenvalue weighted by Crippen LogP contribution is -2.69. The first-order chi connectivity index (χ1) is 18.8. The van der Waals surface area contributed by atoms with E-state index in [0.717, 1.165) is 30.6 Å². The molecule has 4 N–H and O–H groups in total. The first kappa shape index (κ1) is 30.4. The summed E-state index contributed by atoms with van der Waals surface area (Å²) in [7, 11) is 0. The van der Waals surface area contributed by atoms with Crippen LogP contribution in [-0.2, 0) is 28.8 Å². The molecule has 3 heterocycles. The number of aliphatic carboxylic acids is 1. The van der Waals surface area contributed by atoms with Gasteiger partial charge in [-0.1, -0.05) is 63.4 Å². The maximum atomic E-state index is 13.0. The molecule has 1 fully saturated rings. The number of nitrogens with zero attached hydrogens (tertiary/aromatic N) is 3. The predicted octanol–water partition coefficient (Wildman–Crippen LogP) is 3.24. The quantitative estimate of drug-likeness (QED) is 0.0619. The second-order valence-corrected chi connectivity index (χ2v) is 11.2. The molecule has 2 amide bonds. The van der Waals surface area contributed by atoms with E-state index in [1.807, 2.05) is 0 Å². The molecule has 3 rings (SSSR count). The van der Waals surface area contributed by atoms with Gasteiger partial charge in [0.25, 0.3) is 18.6 Å². The number of esters is 1. The lowest BCUT2D eigenvalue weighted by atomic mass is 10.1. The number of oxime groups is 1. The number of unbranched alkanes of at least 4 members (excludes halogenated alkanes) is 8. The Bertz CT molecular complexity index is 1090. The number of fused-ring (bicyclic) bond motifs is 1. The maximum absolute atomic E-state index is 13.0. The molecule has 14 heteroatoms. The first-order valence-corrected chi connectivity index (χ1v) is 15.0. The van der Waals surface area contributed by atoms with E-state index >= 15 is 0 Å². The lowest BCUT2D eigenvalue weighted by Gasteiger charge is -2.46. The topological polar surface area (TPSA) is 174 Å². The second-order valence-electron chi connectivity index (χ2n) is 9.21. The monoisotopic (exact) mass is 581 g/mol. The maximum Gasteiger partial charge on any atom is 0.333 e. The van der Waals surface area contributed by atoms with E-state index in [1.54, 1.807) is 0 Å². The number of amides is 2. The third-order valence-corrected chi connectivity index (χ3v) is 8.23. The minimum absolute atomic E-state index is 0.107. The molecule has 0 aromatic carbocycles. The van der Waals surface area contributed by atoms with Crippen molar-refractivity contribution in [3.8, 4) is 0 Å². The van der Waals surface area contributed by atoms with E-state index in [4.69, 9.17) is 20.4 Å². The minimum Gasteiger partial charge on any atom is -0.478 e. The number of carboxylic acids is 1. The van der Waals surface area contributed by atoms with Crippen LogP contribution in [0.4, 0.5) is 5.13 Å². The van der Waals surface area contributed by atoms with Gasteiger partial charge >= 0.3 is 11.9 Å². The summed E-state index contributed by atoms with van der Waals surface area (Å²) in [6, 6.07) is -0.871. The number of anilines is 1. The van der Waals surface area contributed by atoms with Crippen molar-refractivity contribution in [3.63, 3.8) is 0 Å². The van der Waals surface area contributed by atoms with Crippen molar-refractivity contribution in [2.75, 3.05) is 18.3 Å². The van der Waals surface area contributed by atoms with Crippen molar-refractivity contribution in [1.29, 1.82) is 0 Å². The Labute approximate surface area is 235 Å². The predicted molar refractivity (Wildman–Crippen MR) is 148 cm³/mol. The zero-order chi connectivity index (χ0) is 28.2. The number of carbonyl (C=O) groups excluding carboxylic acids is 3. The fourth-order valence-corrected chi connectivity index (χ4v) is 5.87. The Morgan fingerprint density at radius 1 is 1.18 bits per heavy atom. The van der Waals surface area contributed by atoms with E-state index in [-0.39, 0.29) is 34.3 Å². The fraction of sp³-hybridized carbons (Fsp3) is 0.600. The number of nitrogens with two attached hydrogens (primary N) is 1. The molecular formula is C25H35N5O7S2. The van der Waals surface area contributed by atoms with Crippen LogP contribution in [0.15, 0.2) is 22.3 Å². The largest absolute Gasteiger partial charge is 0.478 e. The molecule has 2 atom stereocenters. The van der Waals surface area contributed by atoms with Crippen LogP contribution >= 0.6 is 23.1 Å². The van der Waals surface area contributed by atoms with Gasteiger partial charge in [-0.25, -0.2) is 9.78 Å². The molecule has 1 unspecified atom stereocenters. The Kier molecular flexibility index (Phi) is 12.1. The van der Waals surface area contributed by atoms with Crippen LogP contribution < -0.4 is 11.1 Å². The molecule has 0 bridgehead atoms. The molecule has 0 radical (unpaired) electrons. The molecule has 2 aliphatic rings. The van der Waals surface area contributed by atoms with E-state index in [0.29, 0.717) is 0 Å². The molecular weight excluding hydrogens is 546 g/mol. The van der Waals surface area contributed by atoms with Gasteiger partial charge in [0.2, 0.25) is 0 Å². The Hall–Kier alpha value is -3.13. The standard InChI is InChI=1S/C25H35N5O7S2/c1-2-3-4-5-6-7-8-9-10-11-18(31)36-15-37-29-19(17-14-39-25(26)27-17)21(32)28-20-22(33)30-12-16(24(34)35)13-38-23(20)30/h12,14,20,23H,2-11,13,15H2,1H3,(H2,26,27)(H,28,32)(H,34,35)/t20?,23-/m1/s1. The summed E-state index contributed by atoms with van der Waals surface area (Å²) in [5.41, 5.74) is 5.71. The highest BCUT2D eigenvalue weighted by Crippen LogP contribution is 2.36. The average Bonchev–Trinajstić information content (AvgIpc) is 3.35. The molecule has 1 saturated heterocycles. The van der Waals surface area contributed by atoms with Crippen molar-refractivity contribution < 1.29 is 33.9 Å². The SMILES string of the molecule is CCCCCCCCCCCC(=O)OCON=C(C(=O)NC1C(=O)N2C=C(C(=O)O)CS[C@H]12)c1csc(N)n1. The van der Waals surface area contributed by atoms with Gasteiger partial charge < -0.3 is 30.6 Å². The number of nitrogen functional groups attached to an aromatic ring is 1. The summed E-state index contributed by atoms with van der Waals surface area (Å²) >= 11 is 2.33. The molecule has 2 aliphatic heterocycles. The molecule has 12 nitrogen and oxygen atoms in total. The van der Waals surface area contributed by atoms with Gasteiger partial charge in [-0.15, -0.1) is 23.1 Å². The van der Waals surface area contributed by atoms with Crippen LogP contribution in [0.3, 0.4) is 0 Å². The van der Waals surface area contributed by atoms with Crippen molar-refractivity contribution in [1.82, 2.24) is 15.2 Å². The first-order valence-electron chi connectivity index (χ1n) is 13.1. The average molecular weight is 582 g/mol. The number of thioether (sulfide) groups is 1. The van der Waals surface area contributed by atoms with Crippen LogP contribution in [-0.4, -0.2) is 68.4 Å². The Balaban J connectivity index is 1.43. The van der Waals surface area contributed by atoms with Crippen LogP contribution in [0.2, 0.25) is 0 Å². The highest BCUT2D eigenvalue weighted by atomic mass is 32.2. The number of rotatable bonds is 17. The van der Waals surface area contributed by atoms with Gasteiger partial charge in [0.1, 0.15) is 17.1 Å². The molecule has 1 aromatic rings. The summed E-state index contributed by atoms with van der Waals surface area (Å²) in [4.78, 5) is 59.1. The van der Waals surface area contributed by atoms with E-state index in [9.17, 15) is 19.2 Å². The van der Waals surface area contributed by atoms with Crippen LogP contribution in [0, 0.1) is 0 Å². The van der Waals surface area contributed by atoms with E-state index < -0.39 is 42.0 Å². The van der Waals surface area contributed by atoms with Crippen molar-refractivity contribution >= 4 is 57.7 Å². The minimum atomic E-state index is -1.09. The zero-order valence-corrected chi connectivity index (χ0v) is 23.6. The van der Waals surface area contributed by atoms with E-state index in [1.165, 1.54) is 66.8 Å². The van der Waals surface area contributed by atoms with Crippen molar-refractivity contribution in [2.24, 2.45) is 5.16 Å².